The first-order chi connectivity index (χ1) is 26.0. The van der Waals surface area contributed by atoms with Gasteiger partial charge in [0, 0.05) is 60.6 Å². The lowest BCUT2D eigenvalue weighted by molar-refractivity contribution is 0.185. The third kappa shape index (κ3) is 24.6. The van der Waals surface area contributed by atoms with Gasteiger partial charge in [-0.2, -0.15) is 0 Å². The van der Waals surface area contributed by atoms with Gasteiger partial charge in [-0.05, 0) is 122 Å². The molecule has 5 aliphatic rings. The van der Waals surface area contributed by atoms with Crippen LogP contribution in [0.2, 0.25) is 0 Å². The summed E-state index contributed by atoms with van der Waals surface area (Å²) in [5.41, 5.74) is 2.69. The molecule has 0 atom stereocenters. The van der Waals surface area contributed by atoms with Crippen molar-refractivity contribution in [3.05, 3.63) is 31.2 Å². The molecule has 2 aromatic rings. The van der Waals surface area contributed by atoms with Crippen molar-refractivity contribution in [3.8, 4) is 0 Å². The Balaban J connectivity index is 0.000000336. The number of rotatable bonds is 4. The predicted octanol–water partition coefficient (Wildman–Crippen LogP) is 10.9. The minimum absolute atomic E-state index is 0.584. The maximum absolute atomic E-state index is 4.68. The quantitative estimate of drug-likeness (QED) is 0.319. The summed E-state index contributed by atoms with van der Waals surface area (Å²) in [6.07, 6.45) is 10.7. The van der Waals surface area contributed by atoms with Gasteiger partial charge in [0.25, 0.3) is 0 Å². The molecule has 0 radical (unpaired) electrons. The van der Waals surface area contributed by atoms with E-state index in [4.69, 9.17) is 0 Å². The summed E-state index contributed by atoms with van der Waals surface area (Å²) in [6, 6.07) is 0. The Morgan fingerprint density at radius 2 is 1.09 bits per heavy atom. The first-order valence-corrected chi connectivity index (χ1v) is 24.1. The highest BCUT2D eigenvalue weighted by Gasteiger charge is 2.20. The van der Waals surface area contributed by atoms with E-state index in [9.17, 15) is 0 Å². The van der Waals surface area contributed by atoms with Gasteiger partial charge in [0.1, 0.15) is 0 Å². The van der Waals surface area contributed by atoms with Crippen LogP contribution in [0.3, 0.4) is 0 Å². The molecule has 0 aromatic carbocycles. The fraction of sp³-hybridized carbons (Fsp3) is 0.870. The van der Waals surface area contributed by atoms with Crippen LogP contribution in [-0.2, 0) is 25.9 Å². The number of fused-ring (bicyclic) bond motifs is 2. The van der Waals surface area contributed by atoms with Gasteiger partial charge in [-0.3, -0.25) is 0 Å². The third-order valence-electron chi connectivity index (χ3n) is 9.85. The standard InChI is InChI=1S/C10H16N2S.C9H14N2S.C9H19N.C6H13N.C4H9N.2C4H10/c1-7(2)10-11-8-4-5-12(3)6-9(8)13-10;1-6(2)9-11-7-3-4-10-5-8(7)12-9;1-8(2)9-4-6-10(3)7-5-9;1-2-7-5-3-4-6-7;1-2-4-5-3-1;2*1-4(2)3/h7H,4-6H2,1-3H3;6,10H,3-5H2,1-2H3;8-9H,4-7H2,1-3H3;2-6H2,1H3;5H,1-4H2;2*4H,1-3H3. The molecule has 0 amide bonds. The van der Waals surface area contributed by atoms with Crippen LogP contribution in [0.25, 0.3) is 0 Å². The summed E-state index contributed by atoms with van der Waals surface area (Å²) in [6.45, 7) is 42.2. The van der Waals surface area contributed by atoms with E-state index in [1.807, 2.05) is 22.7 Å². The highest BCUT2D eigenvalue weighted by atomic mass is 32.1. The van der Waals surface area contributed by atoms with Crippen LogP contribution >= 0.6 is 22.7 Å². The van der Waals surface area contributed by atoms with E-state index < -0.39 is 0 Å². The summed E-state index contributed by atoms with van der Waals surface area (Å²) in [5, 5.41) is 9.19. The van der Waals surface area contributed by atoms with Gasteiger partial charge in [0.15, 0.2) is 0 Å². The lowest BCUT2D eigenvalue weighted by atomic mass is 9.87. The second kappa shape index (κ2) is 30.2. The van der Waals surface area contributed by atoms with E-state index in [0.29, 0.717) is 11.8 Å². The molecule has 7 nitrogen and oxygen atoms in total. The van der Waals surface area contributed by atoms with Gasteiger partial charge < -0.3 is 25.3 Å². The number of nitrogens with one attached hydrogen (secondary N) is 2. The van der Waals surface area contributed by atoms with Crippen molar-refractivity contribution in [1.82, 2.24) is 35.3 Å². The molecule has 3 fully saturated rings. The van der Waals surface area contributed by atoms with Crippen LogP contribution in [0.4, 0.5) is 0 Å². The smallest absolute Gasteiger partial charge is 0.0957 e. The second-order valence-corrected chi connectivity index (χ2v) is 20.7. The molecule has 3 saturated heterocycles. The zero-order chi connectivity index (χ0) is 41.3. The van der Waals surface area contributed by atoms with Crippen LogP contribution in [-0.4, -0.2) is 97.7 Å². The van der Waals surface area contributed by atoms with E-state index >= 15 is 0 Å². The lowest BCUT2D eigenvalue weighted by Crippen LogP contribution is -2.32. The molecule has 0 spiro atoms. The fourth-order valence-corrected chi connectivity index (χ4v) is 8.68. The minimum Gasteiger partial charge on any atom is -0.317 e. The largest absolute Gasteiger partial charge is 0.317 e. The molecule has 5 aliphatic heterocycles. The van der Waals surface area contributed by atoms with E-state index in [1.165, 1.54) is 115 Å². The van der Waals surface area contributed by atoms with Gasteiger partial charge >= 0.3 is 0 Å². The van der Waals surface area contributed by atoms with Gasteiger partial charge in [0.2, 0.25) is 0 Å². The summed E-state index contributed by atoms with van der Waals surface area (Å²) < 4.78 is 0. The number of likely N-dealkylation sites (N-methyl/N-ethyl adjacent to an activating group) is 1. The van der Waals surface area contributed by atoms with Crippen molar-refractivity contribution in [3.63, 3.8) is 0 Å². The van der Waals surface area contributed by atoms with Crippen LogP contribution in [0.5, 0.6) is 0 Å². The van der Waals surface area contributed by atoms with Crippen molar-refractivity contribution in [2.45, 2.75) is 166 Å². The first-order valence-electron chi connectivity index (χ1n) is 22.5. The Kier molecular flexibility index (Phi) is 28.6. The summed E-state index contributed by atoms with van der Waals surface area (Å²) in [7, 11) is 4.40. The van der Waals surface area contributed by atoms with E-state index in [-0.39, 0.29) is 0 Å². The molecule has 7 heterocycles. The van der Waals surface area contributed by atoms with Gasteiger partial charge in [-0.15, -0.1) is 22.7 Å². The zero-order valence-corrected chi connectivity index (χ0v) is 40.6. The molecular formula is C46H91N7S2. The highest BCUT2D eigenvalue weighted by molar-refractivity contribution is 7.12. The number of aromatic nitrogens is 2. The Morgan fingerprint density at radius 3 is 1.49 bits per heavy atom. The number of hydrogen-bond donors (Lipinski definition) is 2. The van der Waals surface area contributed by atoms with Gasteiger partial charge in [0.05, 0.1) is 21.4 Å². The Hall–Kier alpha value is -0.940. The average Bonchev–Trinajstić information content (AvgIpc) is 3.96. The topological polar surface area (TPSA) is 59.6 Å². The molecule has 2 aromatic heterocycles. The number of likely N-dealkylation sites (tertiary alicyclic amines) is 2. The van der Waals surface area contributed by atoms with Crippen molar-refractivity contribution in [2.24, 2.45) is 23.7 Å². The van der Waals surface area contributed by atoms with E-state index in [0.717, 1.165) is 62.7 Å². The Labute approximate surface area is 350 Å². The molecule has 322 valence electrons. The number of nitrogens with zero attached hydrogens (tertiary/aromatic N) is 5. The predicted molar refractivity (Wildman–Crippen MR) is 247 cm³/mol. The normalized spacial score (nSPS) is 18.7. The summed E-state index contributed by atoms with van der Waals surface area (Å²) in [4.78, 5) is 19.5. The molecule has 2 N–H and O–H groups in total. The number of hydrogen-bond acceptors (Lipinski definition) is 9. The monoisotopic (exact) mass is 806 g/mol. The molecular weight excluding hydrogens is 715 g/mol. The molecule has 7 rings (SSSR count). The maximum atomic E-state index is 4.68. The van der Waals surface area contributed by atoms with E-state index in [1.54, 1.807) is 0 Å². The average molecular weight is 806 g/mol. The molecule has 55 heavy (non-hydrogen) atoms. The number of thiazole rings is 2. The molecule has 0 aliphatic carbocycles. The minimum atomic E-state index is 0.584. The van der Waals surface area contributed by atoms with Crippen molar-refractivity contribution in [1.29, 1.82) is 0 Å². The third-order valence-corrected chi connectivity index (χ3v) is 12.6. The van der Waals surface area contributed by atoms with Crippen molar-refractivity contribution < 1.29 is 0 Å². The van der Waals surface area contributed by atoms with Gasteiger partial charge in [-0.25, -0.2) is 9.97 Å². The zero-order valence-electron chi connectivity index (χ0n) is 39.0. The van der Waals surface area contributed by atoms with Crippen LogP contribution in [0.1, 0.15) is 172 Å². The van der Waals surface area contributed by atoms with Gasteiger partial charge in [-0.1, -0.05) is 90.0 Å². The van der Waals surface area contributed by atoms with Crippen LogP contribution in [0.15, 0.2) is 0 Å². The first kappa shape index (κ1) is 52.1. The second-order valence-electron chi connectivity index (χ2n) is 18.5. The van der Waals surface area contributed by atoms with Crippen LogP contribution in [0, 0.1) is 23.7 Å². The molecule has 9 heteroatoms. The summed E-state index contributed by atoms with van der Waals surface area (Å²) >= 11 is 3.76. The van der Waals surface area contributed by atoms with E-state index in [2.05, 4.69) is 139 Å². The van der Waals surface area contributed by atoms with Crippen LogP contribution < -0.4 is 10.6 Å². The molecule has 0 bridgehead atoms. The Bertz CT molecular complexity index is 1140. The highest BCUT2D eigenvalue weighted by Crippen LogP contribution is 2.29. The summed E-state index contributed by atoms with van der Waals surface area (Å²) in [5.74, 6) is 4.73. The fourth-order valence-electron chi connectivity index (χ4n) is 6.40. The van der Waals surface area contributed by atoms with Crippen molar-refractivity contribution >= 4 is 22.7 Å². The molecule has 0 saturated carbocycles. The van der Waals surface area contributed by atoms with Crippen molar-refractivity contribution in [2.75, 3.05) is 73.0 Å². The lowest BCUT2D eigenvalue weighted by Gasteiger charge is -2.31. The molecule has 0 unspecified atom stereocenters. The SMILES string of the molecule is C1CCNC1.CC(C)C.CC(C)C.CC(C)C1CCN(C)CC1.CC(C)c1nc2c(s1)CN(C)CC2.CC(C)c1nc2c(s1)CNCC2.CCN1CCCC1. The number of piperidine rings is 1. The Morgan fingerprint density at radius 1 is 0.600 bits per heavy atom. The maximum Gasteiger partial charge on any atom is 0.0957 e.